The highest BCUT2D eigenvalue weighted by Crippen LogP contribution is 2.35. The van der Waals surface area contributed by atoms with E-state index in [1.807, 2.05) is 36.1 Å². The number of alkyl halides is 2. The summed E-state index contributed by atoms with van der Waals surface area (Å²) in [4.78, 5) is 5.12. The zero-order chi connectivity index (χ0) is 14.1. The number of halogens is 4. The number of nitrogens with zero attached hydrogens (tertiary/aromatic N) is 1. The van der Waals surface area contributed by atoms with Crippen LogP contribution in [-0.4, -0.2) is 42.5 Å². The fraction of sp³-hybridized carbons (Fsp3) is 0.467. The van der Waals surface area contributed by atoms with E-state index in [4.69, 9.17) is 0 Å². The Hall–Kier alpha value is -0.880. The number of nitrogens with one attached hydrogen (secondary N) is 2. The summed E-state index contributed by atoms with van der Waals surface area (Å²) in [5, 5.41) is 4.12. The van der Waals surface area contributed by atoms with Crippen LogP contribution < -0.4 is 5.32 Å². The Morgan fingerprint density at radius 1 is 1.09 bits per heavy atom. The Bertz CT molecular complexity index is 597. The van der Waals surface area contributed by atoms with Crippen molar-refractivity contribution in [2.75, 3.05) is 26.2 Å². The van der Waals surface area contributed by atoms with Crippen LogP contribution in [-0.2, 0) is 0 Å². The first-order valence-corrected chi connectivity index (χ1v) is 6.98. The molecule has 0 bridgehead atoms. The summed E-state index contributed by atoms with van der Waals surface area (Å²) in [5.74, 6) is 0. The van der Waals surface area contributed by atoms with Crippen molar-refractivity contribution in [2.24, 2.45) is 0 Å². The Kier molecular flexibility index (Phi) is 7.06. The van der Waals surface area contributed by atoms with Crippen LogP contribution in [0.2, 0.25) is 0 Å². The van der Waals surface area contributed by atoms with E-state index in [0.717, 1.165) is 35.2 Å². The van der Waals surface area contributed by atoms with Crippen LogP contribution in [0.1, 0.15) is 17.3 Å². The lowest BCUT2D eigenvalue weighted by Crippen LogP contribution is -2.47. The van der Waals surface area contributed by atoms with Crippen LogP contribution >= 0.6 is 24.8 Å². The highest BCUT2D eigenvalue weighted by Gasteiger charge is 2.33. The van der Waals surface area contributed by atoms with E-state index in [0.29, 0.717) is 13.1 Å². The summed E-state index contributed by atoms with van der Waals surface area (Å²) >= 11 is 0. The molecule has 2 aromatic rings. The summed E-state index contributed by atoms with van der Waals surface area (Å²) < 4.78 is 27.4. The molecule has 7 heteroatoms. The van der Waals surface area contributed by atoms with Crippen LogP contribution in [0, 0.1) is 6.92 Å². The van der Waals surface area contributed by atoms with Gasteiger partial charge in [-0.1, -0.05) is 18.2 Å². The molecule has 0 aliphatic carbocycles. The van der Waals surface area contributed by atoms with E-state index < -0.39 is 12.5 Å². The Morgan fingerprint density at radius 2 is 1.73 bits per heavy atom. The molecule has 1 aromatic carbocycles. The van der Waals surface area contributed by atoms with E-state index >= 15 is 0 Å². The number of aromatic nitrogens is 1. The third-order valence-corrected chi connectivity index (χ3v) is 4.02. The van der Waals surface area contributed by atoms with Crippen LogP contribution in [0.4, 0.5) is 8.78 Å². The van der Waals surface area contributed by atoms with Gasteiger partial charge in [-0.15, -0.1) is 24.8 Å². The lowest BCUT2D eigenvalue weighted by Gasteiger charge is -2.34. The fourth-order valence-corrected chi connectivity index (χ4v) is 3.11. The van der Waals surface area contributed by atoms with E-state index in [9.17, 15) is 8.78 Å². The van der Waals surface area contributed by atoms with Gasteiger partial charge in [0.2, 0.25) is 0 Å². The second-order valence-electron chi connectivity index (χ2n) is 5.27. The number of rotatable bonds is 3. The third kappa shape index (κ3) is 3.54. The molecule has 0 saturated carbocycles. The van der Waals surface area contributed by atoms with Gasteiger partial charge in [0.05, 0.1) is 6.04 Å². The number of hydrogen-bond donors (Lipinski definition) is 2. The summed E-state index contributed by atoms with van der Waals surface area (Å²) in [6, 6.07) is 6.86. The summed E-state index contributed by atoms with van der Waals surface area (Å²) in [6.45, 7) is 4.74. The first kappa shape index (κ1) is 19.2. The van der Waals surface area contributed by atoms with Crippen molar-refractivity contribution in [3.05, 3.63) is 35.5 Å². The Morgan fingerprint density at radius 3 is 2.36 bits per heavy atom. The molecule has 3 nitrogen and oxygen atoms in total. The quantitative estimate of drug-likeness (QED) is 0.886. The van der Waals surface area contributed by atoms with E-state index in [-0.39, 0.29) is 24.8 Å². The summed E-state index contributed by atoms with van der Waals surface area (Å²) in [7, 11) is 0. The predicted octanol–water partition coefficient (Wildman–Crippen LogP) is 3.53. The van der Waals surface area contributed by atoms with Crippen molar-refractivity contribution < 1.29 is 8.78 Å². The first-order chi connectivity index (χ1) is 9.68. The zero-order valence-corrected chi connectivity index (χ0v) is 13.9. The van der Waals surface area contributed by atoms with Crippen LogP contribution in [0.3, 0.4) is 0 Å². The van der Waals surface area contributed by atoms with Crippen molar-refractivity contribution in [1.82, 2.24) is 15.2 Å². The molecular formula is C15H21Cl2F2N3. The average molecular weight is 352 g/mol. The molecule has 3 rings (SSSR count). The number of piperazine rings is 1. The highest BCUT2D eigenvalue weighted by molar-refractivity contribution is 5.86. The van der Waals surface area contributed by atoms with Gasteiger partial charge < -0.3 is 10.3 Å². The number of fused-ring (bicyclic) bond motifs is 1. The summed E-state index contributed by atoms with van der Waals surface area (Å²) in [5.41, 5.74) is 2.52. The molecule has 0 unspecified atom stereocenters. The van der Waals surface area contributed by atoms with Gasteiger partial charge in [-0.25, -0.2) is 8.78 Å². The van der Waals surface area contributed by atoms with E-state index in [1.54, 1.807) is 0 Å². The lowest BCUT2D eigenvalue weighted by molar-refractivity contribution is 0.0186. The second kappa shape index (κ2) is 8.11. The highest BCUT2D eigenvalue weighted by atomic mass is 35.5. The summed E-state index contributed by atoms with van der Waals surface area (Å²) in [6.07, 6.45) is -2.38. The molecular weight excluding hydrogens is 331 g/mol. The minimum Gasteiger partial charge on any atom is -0.358 e. The van der Waals surface area contributed by atoms with Crippen molar-refractivity contribution >= 4 is 35.7 Å². The fourth-order valence-electron chi connectivity index (χ4n) is 3.11. The van der Waals surface area contributed by atoms with Crippen LogP contribution in [0.5, 0.6) is 0 Å². The van der Waals surface area contributed by atoms with Gasteiger partial charge in [0.25, 0.3) is 6.43 Å². The number of benzene rings is 1. The molecule has 1 saturated heterocycles. The SMILES string of the molecule is Cc1[nH]c2ccccc2c1[C@@H](C(F)F)N1CCNCC1.Cl.Cl. The van der Waals surface area contributed by atoms with Gasteiger partial charge in [-0.2, -0.15) is 0 Å². The molecule has 0 radical (unpaired) electrons. The molecule has 0 amide bonds. The predicted molar refractivity (Wildman–Crippen MR) is 90.7 cm³/mol. The Labute approximate surface area is 141 Å². The number of para-hydroxylation sites is 1. The maximum atomic E-state index is 13.7. The molecule has 22 heavy (non-hydrogen) atoms. The maximum Gasteiger partial charge on any atom is 0.258 e. The van der Waals surface area contributed by atoms with E-state index in [2.05, 4.69) is 10.3 Å². The van der Waals surface area contributed by atoms with Gasteiger partial charge >= 0.3 is 0 Å². The van der Waals surface area contributed by atoms with Crippen molar-refractivity contribution in [2.45, 2.75) is 19.4 Å². The normalized spacial score (nSPS) is 17.1. The second-order valence-corrected chi connectivity index (χ2v) is 5.27. The van der Waals surface area contributed by atoms with Crippen LogP contribution in [0.15, 0.2) is 24.3 Å². The van der Waals surface area contributed by atoms with Crippen molar-refractivity contribution in [3.8, 4) is 0 Å². The molecule has 1 fully saturated rings. The van der Waals surface area contributed by atoms with E-state index in [1.165, 1.54) is 0 Å². The largest absolute Gasteiger partial charge is 0.358 e. The number of H-pyrrole nitrogens is 1. The topological polar surface area (TPSA) is 31.1 Å². The van der Waals surface area contributed by atoms with Gasteiger partial charge in [-0.05, 0) is 13.0 Å². The minimum absolute atomic E-state index is 0. The molecule has 0 spiro atoms. The van der Waals surface area contributed by atoms with Gasteiger partial charge in [0.15, 0.2) is 0 Å². The molecule has 1 aliphatic rings. The van der Waals surface area contributed by atoms with Gasteiger partial charge in [-0.3, -0.25) is 4.90 Å². The standard InChI is InChI=1S/C15H19F2N3.2ClH/c1-10-13(11-4-2-3-5-12(11)19-10)14(15(16)17)20-8-6-18-7-9-20;;/h2-5,14-15,18-19H,6-9H2,1H3;2*1H/t14-;;/m0../s1. The maximum absolute atomic E-state index is 13.7. The van der Waals surface area contributed by atoms with Crippen molar-refractivity contribution in [1.29, 1.82) is 0 Å². The van der Waals surface area contributed by atoms with Crippen LogP contribution in [0.25, 0.3) is 10.9 Å². The molecule has 1 aromatic heterocycles. The smallest absolute Gasteiger partial charge is 0.258 e. The van der Waals surface area contributed by atoms with Gasteiger partial charge in [0.1, 0.15) is 0 Å². The van der Waals surface area contributed by atoms with Gasteiger partial charge in [0, 0.05) is 48.3 Å². The molecule has 2 N–H and O–H groups in total. The molecule has 1 atom stereocenters. The Balaban J connectivity index is 0.00000121. The zero-order valence-electron chi connectivity index (χ0n) is 12.3. The first-order valence-electron chi connectivity index (χ1n) is 6.98. The lowest BCUT2D eigenvalue weighted by atomic mass is 10.0. The third-order valence-electron chi connectivity index (χ3n) is 4.02. The number of hydrogen-bond acceptors (Lipinski definition) is 2. The minimum atomic E-state index is -2.38. The average Bonchev–Trinajstić information content (AvgIpc) is 2.77. The monoisotopic (exact) mass is 351 g/mol. The molecule has 2 heterocycles. The molecule has 124 valence electrons. The number of aromatic amines is 1. The number of aryl methyl sites for hydroxylation is 1. The molecule has 1 aliphatic heterocycles. The van der Waals surface area contributed by atoms with Crippen molar-refractivity contribution in [3.63, 3.8) is 0 Å².